The average molecular weight is 464 g/mol. The quantitative estimate of drug-likeness (QED) is 0.629. The van der Waals surface area contributed by atoms with Gasteiger partial charge in [-0.3, -0.25) is 9.69 Å². The van der Waals surface area contributed by atoms with Crippen molar-refractivity contribution in [1.29, 1.82) is 0 Å². The van der Waals surface area contributed by atoms with Crippen LogP contribution in [-0.4, -0.2) is 67.7 Å². The van der Waals surface area contributed by atoms with Gasteiger partial charge in [0.1, 0.15) is 0 Å². The minimum Gasteiger partial charge on any atom is -0.336 e. The summed E-state index contributed by atoms with van der Waals surface area (Å²) in [6, 6.07) is 12.7. The molecule has 0 aromatic heterocycles. The number of nitrogens with zero attached hydrogens (tertiary/aromatic N) is 3. The second kappa shape index (κ2) is 10.1. The zero-order chi connectivity index (χ0) is 22.6. The fraction of sp³-hybridized carbons (Fsp3) is 0.435. The Bertz CT molecular complexity index is 1030. The number of benzene rings is 2. The molecule has 2 aromatic carbocycles. The minimum absolute atomic E-state index is 0.0992. The van der Waals surface area contributed by atoms with Crippen molar-refractivity contribution >= 4 is 27.5 Å². The number of piperazine rings is 1. The van der Waals surface area contributed by atoms with E-state index in [0.717, 1.165) is 19.6 Å². The first-order valence-electron chi connectivity index (χ1n) is 10.6. The average Bonchev–Trinajstić information content (AvgIpc) is 2.76. The Morgan fingerprint density at radius 1 is 1.03 bits per heavy atom. The molecule has 31 heavy (non-hydrogen) atoms. The van der Waals surface area contributed by atoms with Gasteiger partial charge in [0.25, 0.3) is 5.91 Å². The lowest BCUT2D eigenvalue weighted by atomic mass is 10.1. The number of rotatable bonds is 7. The molecule has 0 aliphatic carbocycles. The molecule has 0 unspecified atom stereocenters. The number of halogens is 1. The maximum atomic E-state index is 13.1. The Balaban J connectivity index is 1.72. The molecule has 1 aliphatic heterocycles. The van der Waals surface area contributed by atoms with E-state index in [-0.39, 0.29) is 21.4 Å². The topological polar surface area (TPSA) is 60.9 Å². The van der Waals surface area contributed by atoms with Gasteiger partial charge in [-0.05, 0) is 36.2 Å². The molecule has 8 heteroatoms. The highest BCUT2D eigenvalue weighted by molar-refractivity contribution is 7.89. The Morgan fingerprint density at radius 3 is 2.29 bits per heavy atom. The van der Waals surface area contributed by atoms with Crippen LogP contribution in [0.3, 0.4) is 0 Å². The number of sulfonamides is 1. The van der Waals surface area contributed by atoms with Crippen LogP contribution in [0, 0.1) is 6.92 Å². The molecule has 0 saturated carbocycles. The molecule has 1 saturated heterocycles. The smallest absolute Gasteiger partial charge is 0.255 e. The monoisotopic (exact) mass is 463 g/mol. The Hall–Kier alpha value is -1.93. The van der Waals surface area contributed by atoms with Crippen LogP contribution in [0.25, 0.3) is 0 Å². The normalized spacial score (nSPS) is 15.5. The summed E-state index contributed by atoms with van der Waals surface area (Å²) in [5.41, 5.74) is 2.79. The summed E-state index contributed by atoms with van der Waals surface area (Å²) in [6.07, 6.45) is 0. The molecule has 0 N–H and O–H groups in total. The molecule has 1 aliphatic rings. The molecule has 6 nitrogen and oxygen atoms in total. The summed E-state index contributed by atoms with van der Waals surface area (Å²) in [6.45, 7) is 9.95. The predicted molar refractivity (Wildman–Crippen MR) is 124 cm³/mol. The highest BCUT2D eigenvalue weighted by Crippen LogP contribution is 2.25. The molecule has 1 fully saturated rings. The maximum absolute atomic E-state index is 13.1. The number of hydrogen-bond donors (Lipinski definition) is 0. The van der Waals surface area contributed by atoms with Crippen LogP contribution >= 0.6 is 11.6 Å². The molecule has 1 amide bonds. The van der Waals surface area contributed by atoms with Gasteiger partial charge in [-0.2, -0.15) is 4.31 Å². The zero-order valence-corrected chi connectivity index (χ0v) is 19.9. The van der Waals surface area contributed by atoms with Gasteiger partial charge in [0, 0.05) is 45.8 Å². The van der Waals surface area contributed by atoms with Crippen molar-refractivity contribution in [2.75, 3.05) is 39.3 Å². The van der Waals surface area contributed by atoms with E-state index >= 15 is 0 Å². The van der Waals surface area contributed by atoms with Gasteiger partial charge in [-0.25, -0.2) is 8.42 Å². The molecule has 0 atom stereocenters. The van der Waals surface area contributed by atoms with E-state index in [1.807, 2.05) is 12.1 Å². The standard InChI is InChI=1S/C23H30ClN3O3S/c1-4-27(5-2)31(29,30)20-10-11-22(24)21(16-20)23(28)26-14-12-25(13-15-26)17-19-9-7-6-8-18(19)3/h6-11,16H,4-5,12-15,17H2,1-3H3. The fourth-order valence-electron chi connectivity index (χ4n) is 3.85. The van der Waals surface area contributed by atoms with E-state index in [0.29, 0.717) is 26.2 Å². The molecule has 168 valence electrons. The summed E-state index contributed by atoms with van der Waals surface area (Å²) >= 11 is 6.29. The Kier molecular flexibility index (Phi) is 7.75. The summed E-state index contributed by atoms with van der Waals surface area (Å²) < 4.78 is 27.1. The van der Waals surface area contributed by atoms with Gasteiger partial charge in [-0.15, -0.1) is 0 Å². The van der Waals surface area contributed by atoms with Crippen LogP contribution < -0.4 is 0 Å². The molecule has 1 heterocycles. The van der Waals surface area contributed by atoms with Crippen molar-refractivity contribution in [2.45, 2.75) is 32.2 Å². The zero-order valence-electron chi connectivity index (χ0n) is 18.3. The van der Waals surface area contributed by atoms with E-state index < -0.39 is 10.0 Å². The van der Waals surface area contributed by atoms with Gasteiger partial charge in [0.2, 0.25) is 10.0 Å². The van der Waals surface area contributed by atoms with E-state index in [1.54, 1.807) is 18.7 Å². The lowest BCUT2D eigenvalue weighted by molar-refractivity contribution is 0.0628. The second-order valence-corrected chi connectivity index (χ2v) is 10.1. The highest BCUT2D eigenvalue weighted by atomic mass is 35.5. The lowest BCUT2D eigenvalue weighted by Crippen LogP contribution is -2.48. The predicted octanol–water partition coefficient (Wildman–Crippen LogP) is 3.64. The van der Waals surface area contributed by atoms with Gasteiger partial charge < -0.3 is 4.90 Å². The van der Waals surface area contributed by atoms with E-state index in [4.69, 9.17) is 11.6 Å². The van der Waals surface area contributed by atoms with Crippen LogP contribution in [-0.2, 0) is 16.6 Å². The summed E-state index contributed by atoms with van der Waals surface area (Å²) in [7, 11) is -3.66. The Morgan fingerprint density at radius 2 is 1.68 bits per heavy atom. The first-order valence-corrected chi connectivity index (χ1v) is 12.5. The first kappa shape index (κ1) is 23.7. The van der Waals surface area contributed by atoms with E-state index in [2.05, 4.69) is 24.0 Å². The molecule has 0 spiro atoms. The molecular formula is C23H30ClN3O3S. The van der Waals surface area contributed by atoms with Gasteiger partial charge in [0.15, 0.2) is 0 Å². The molecular weight excluding hydrogens is 434 g/mol. The first-order chi connectivity index (χ1) is 14.8. The number of carbonyl (C=O) groups excluding carboxylic acids is 1. The number of aryl methyl sites for hydroxylation is 1. The third-order valence-corrected chi connectivity index (χ3v) is 8.20. The summed E-state index contributed by atoms with van der Waals surface area (Å²) in [4.78, 5) is 17.3. The lowest BCUT2D eigenvalue weighted by Gasteiger charge is -2.35. The number of hydrogen-bond acceptors (Lipinski definition) is 4. The maximum Gasteiger partial charge on any atom is 0.255 e. The van der Waals surface area contributed by atoms with Crippen molar-refractivity contribution in [3.8, 4) is 0 Å². The number of carbonyl (C=O) groups is 1. The Labute approximate surface area is 190 Å². The highest BCUT2D eigenvalue weighted by Gasteiger charge is 2.27. The van der Waals surface area contributed by atoms with Crippen molar-refractivity contribution in [3.05, 3.63) is 64.2 Å². The molecule has 3 rings (SSSR count). The number of amides is 1. The molecule has 0 radical (unpaired) electrons. The SMILES string of the molecule is CCN(CC)S(=O)(=O)c1ccc(Cl)c(C(=O)N2CCN(Cc3ccccc3C)CC2)c1. The third-order valence-electron chi connectivity index (χ3n) is 5.83. The summed E-state index contributed by atoms with van der Waals surface area (Å²) in [5.74, 6) is -0.225. The van der Waals surface area contributed by atoms with Crippen LogP contribution in [0.1, 0.15) is 35.3 Å². The van der Waals surface area contributed by atoms with Crippen LogP contribution in [0.2, 0.25) is 5.02 Å². The van der Waals surface area contributed by atoms with Gasteiger partial charge >= 0.3 is 0 Å². The molecule has 2 aromatic rings. The van der Waals surface area contributed by atoms with Gasteiger partial charge in [0.05, 0.1) is 15.5 Å². The minimum atomic E-state index is -3.66. The van der Waals surface area contributed by atoms with Crippen molar-refractivity contribution in [2.24, 2.45) is 0 Å². The summed E-state index contributed by atoms with van der Waals surface area (Å²) in [5, 5.41) is 0.269. The van der Waals surface area contributed by atoms with Crippen molar-refractivity contribution in [3.63, 3.8) is 0 Å². The molecule has 0 bridgehead atoms. The van der Waals surface area contributed by atoms with Crippen molar-refractivity contribution in [1.82, 2.24) is 14.1 Å². The van der Waals surface area contributed by atoms with Crippen LogP contribution in [0.4, 0.5) is 0 Å². The van der Waals surface area contributed by atoms with E-state index in [1.165, 1.54) is 33.6 Å². The van der Waals surface area contributed by atoms with E-state index in [9.17, 15) is 13.2 Å². The fourth-order valence-corrected chi connectivity index (χ4v) is 5.53. The second-order valence-electron chi connectivity index (χ2n) is 7.73. The van der Waals surface area contributed by atoms with Crippen LogP contribution in [0.5, 0.6) is 0 Å². The van der Waals surface area contributed by atoms with Crippen molar-refractivity contribution < 1.29 is 13.2 Å². The third kappa shape index (κ3) is 5.29. The van der Waals surface area contributed by atoms with Gasteiger partial charge in [-0.1, -0.05) is 49.7 Å². The van der Waals surface area contributed by atoms with Crippen LogP contribution in [0.15, 0.2) is 47.4 Å². The largest absolute Gasteiger partial charge is 0.336 e.